The minimum Gasteiger partial charge on any atom is -0.305 e. The zero-order valence-corrected chi connectivity index (χ0v) is 8.20. The quantitative estimate of drug-likeness (QED) is 0.750. The molecule has 0 aliphatic heterocycles. The van der Waals surface area contributed by atoms with Crippen molar-refractivity contribution in [2.45, 2.75) is 0 Å². The first-order chi connectivity index (χ1) is 6.25. The molecule has 0 spiro atoms. The maximum atomic E-state index is 12.6. The number of halogens is 2. The average Bonchev–Trinajstić information content (AvgIpc) is 2.53. The molecule has 2 nitrogen and oxygen atoms in total. The van der Waals surface area contributed by atoms with Gasteiger partial charge < -0.3 is 4.57 Å². The van der Waals surface area contributed by atoms with Crippen LogP contribution in [-0.4, -0.2) is 9.55 Å². The molecule has 0 unspecified atom stereocenters. The maximum absolute atomic E-state index is 12.6. The van der Waals surface area contributed by atoms with Crippen LogP contribution in [0.1, 0.15) is 0 Å². The zero-order chi connectivity index (χ0) is 9.26. The van der Waals surface area contributed by atoms with Crippen molar-refractivity contribution in [3.05, 3.63) is 47.2 Å². The molecular formula is C9H6BrFN2. The Morgan fingerprint density at radius 3 is 2.46 bits per heavy atom. The van der Waals surface area contributed by atoms with E-state index >= 15 is 0 Å². The molecule has 0 N–H and O–H groups in total. The summed E-state index contributed by atoms with van der Waals surface area (Å²) in [5.74, 6) is -0.233. The second-order valence-corrected chi connectivity index (χ2v) is 3.39. The molecule has 1 aromatic carbocycles. The lowest BCUT2D eigenvalue weighted by atomic mass is 10.3. The Morgan fingerprint density at radius 2 is 1.92 bits per heavy atom. The fourth-order valence-electron chi connectivity index (χ4n) is 1.05. The highest BCUT2D eigenvalue weighted by Crippen LogP contribution is 2.12. The van der Waals surface area contributed by atoms with Crippen molar-refractivity contribution in [1.82, 2.24) is 9.55 Å². The molecule has 1 heterocycles. The number of hydrogen-bond acceptors (Lipinski definition) is 1. The number of hydrogen-bond donors (Lipinski definition) is 0. The van der Waals surface area contributed by atoms with E-state index in [0.717, 1.165) is 10.3 Å². The first kappa shape index (κ1) is 8.44. The molecule has 0 radical (unpaired) electrons. The lowest BCUT2D eigenvalue weighted by Gasteiger charge is -1.99. The largest absolute Gasteiger partial charge is 0.305 e. The van der Waals surface area contributed by atoms with E-state index in [9.17, 15) is 4.39 Å². The predicted molar refractivity (Wildman–Crippen MR) is 51.2 cm³/mol. The van der Waals surface area contributed by atoms with Crippen molar-refractivity contribution < 1.29 is 4.39 Å². The van der Waals surface area contributed by atoms with Gasteiger partial charge in [-0.15, -0.1) is 0 Å². The van der Waals surface area contributed by atoms with Crippen LogP contribution in [-0.2, 0) is 0 Å². The van der Waals surface area contributed by atoms with Gasteiger partial charge in [-0.05, 0) is 40.2 Å². The molecule has 0 aliphatic rings. The van der Waals surface area contributed by atoms with Crippen LogP contribution in [0.4, 0.5) is 4.39 Å². The van der Waals surface area contributed by atoms with E-state index in [1.807, 2.05) is 10.8 Å². The van der Waals surface area contributed by atoms with Crippen LogP contribution in [0.5, 0.6) is 0 Å². The van der Waals surface area contributed by atoms with Gasteiger partial charge in [0.1, 0.15) is 16.7 Å². The summed E-state index contributed by atoms with van der Waals surface area (Å²) in [4.78, 5) is 4.00. The molecule has 0 bridgehead atoms. The van der Waals surface area contributed by atoms with E-state index in [0.29, 0.717) is 0 Å². The number of rotatable bonds is 1. The SMILES string of the molecule is Fc1ccc(-n2cnc(Br)c2)cc1. The minimum atomic E-state index is -0.233. The predicted octanol–water partition coefficient (Wildman–Crippen LogP) is 2.77. The molecule has 4 heteroatoms. The minimum absolute atomic E-state index is 0.233. The molecule has 0 aliphatic carbocycles. The lowest BCUT2D eigenvalue weighted by molar-refractivity contribution is 0.627. The Kier molecular flexibility index (Phi) is 2.14. The summed E-state index contributed by atoms with van der Waals surface area (Å²) in [6, 6.07) is 6.24. The van der Waals surface area contributed by atoms with Gasteiger partial charge in [-0.2, -0.15) is 0 Å². The normalized spacial score (nSPS) is 10.3. The number of aromatic nitrogens is 2. The summed E-state index contributed by atoms with van der Waals surface area (Å²) in [5.41, 5.74) is 0.889. The molecule has 0 fully saturated rings. The maximum Gasteiger partial charge on any atom is 0.124 e. The zero-order valence-electron chi connectivity index (χ0n) is 6.61. The summed E-state index contributed by atoms with van der Waals surface area (Å²) < 4.78 is 15.1. The molecule has 0 amide bonds. The van der Waals surface area contributed by atoms with Crippen LogP contribution in [0.3, 0.4) is 0 Å². The Bertz CT molecular complexity index is 408. The van der Waals surface area contributed by atoms with Crippen LogP contribution in [0.25, 0.3) is 5.69 Å². The third kappa shape index (κ3) is 1.78. The van der Waals surface area contributed by atoms with Crippen LogP contribution in [0.2, 0.25) is 0 Å². The van der Waals surface area contributed by atoms with Crippen LogP contribution >= 0.6 is 15.9 Å². The van der Waals surface area contributed by atoms with Crippen molar-refractivity contribution in [3.63, 3.8) is 0 Å². The third-order valence-electron chi connectivity index (χ3n) is 1.68. The van der Waals surface area contributed by atoms with Crippen LogP contribution in [0, 0.1) is 5.82 Å². The van der Waals surface area contributed by atoms with Gasteiger partial charge in [0.15, 0.2) is 0 Å². The van der Waals surface area contributed by atoms with Crippen molar-refractivity contribution in [1.29, 1.82) is 0 Å². The molecular weight excluding hydrogens is 235 g/mol. The third-order valence-corrected chi connectivity index (χ3v) is 2.09. The van der Waals surface area contributed by atoms with Crippen LogP contribution in [0.15, 0.2) is 41.4 Å². The van der Waals surface area contributed by atoms with E-state index in [1.54, 1.807) is 18.5 Å². The molecule has 0 saturated heterocycles. The average molecular weight is 241 g/mol. The second kappa shape index (κ2) is 3.30. The summed E-state index contributed by atoms with van der Waals surface area (Å²) in [7, 11) is 0. The Morgan fingerprint density at radius 1 is 1.23 bits per heavy atom. The van der Waals surface area contributed by atoms with Gasteiger partial charge in [-0.3, -0.25) is 0 Å². The first-order valence-electron chi connectivity index (χ1n) is 3.71. The van der Waals surface area contributed by atoms with Gasteiger partial charge in [-0.25, -0.2) is 9.37 Å². The molecule has 1 aromatic heterocycles. The van der Waals surface area contributed by atoms with Gasteiger partial charge in [0, 0.05) is 11.9 Å². The van der Waals surface area contributed by atoms with Crippen molar-refractivity contribution in [2.75, 3.05) is 0 Å². The summed E-state index contributed by atoms with van der Waals surface area (Å²) in [5, 5.41) is 0. The second-order valence-electron chi connectivity index (χ2n) is 2.58. The molecule has 13 heavy (non-hydrogen) atoms. The monoisotopic (exact) mass is 240 g/mol. The molecule has 0 saturated carbocycles. The lowest BCUT2D eigenvalue weighted by Crippen LogP contribution is -1.88. The van der Waals surface area contributed by atoms with E-state index in [1.165, 1.54) is 12.1 Å². The Balaban J connectivity index is 2.41. The van der Waals surface area contributed by atoms with E-state index in [4.69, 9.17) is 0 Å². The number of imidazole rings is 1. The van der Waals surface area contributed by atoms with Crippen molar-refractivity contribution in [3.8, 4) is 5.69 Å². The topological polar surface area (TPSA) is 17.8 Å². The first-order valence-corrected chi connectivity index (χ1v) is 4.50. The Labute approximate surface area is 83.2 Å². The smallest absolute Gasteiger partial charge is 0.124 e. The van der Waals surface area contributed by atoms with E-state index < -0.39 is 0 Å². The summed E-state index contributed by atoms with van der Waals surface area (Å²) in [6.45, 7) is 0. The van der Waals surface area contributed by atoms with Gasteiger partial charge >= 0.3 is 0 Å². The molecule has 2 rings (SSSR count). The van der Waals surface area contributed by atoms with Gasteiger partial charge in [0.2, 0.25) is 0 Å². The fraction of sp³-hybridized carbons (Fsp3) is 0. The fourth-order valence-corrected chi connectivity index (χ4v) is 1.37. The molecule has 0 atom stereocenters. The highest BCUT2D eigenvalue weighted by atomic mass is 79.9. The van der Waals surface area contributed by atoms with E-state index in [2.05, 4.69) is 20.9 Å². The Hall–Kier alpha value is -1.16. The number of nitrogens with zero attached hydrogens (tertiary/aromatic N) is 2. The van der Waals surface area contributed by atoms with Crippen molar-refractivity contribution >= 4 is 15.9 Å². The summed E-state index contributed by atoms with van der Waals surface area (Å²) >= 11 is 3.24. The molecule has 66 valence electrons. The van der Waals surface area contributed by atoms with Gasteiger partial charge in [0.05, 0.1) is 0 Å². The summed E-state index contributed by atoms with van der Waals surface area (Å²) in [6.07, 6.45) is 3.48. The number of benzene rings is 1. The van der Waals surface area contributed by atoms with Gasteiger partial charge in [0.25, 0.3) is 0 Å². The molecule has 2 aromatic rings. The highest BCUT2D eigenvalue weighted by Gasteiger charge is 1.97. The van der Waals surface area contributed by atoms with E-state index in [-0.39, 0.29) is 5.82 Å². The van der Waals surface area contributed by atoms with Crippen LogP contribution < -0.4 is 0 Å². The van der Waals surface area contributed by atoms with Crippen molar-refractivity contribution in [2.24, 2.45) is 0 Å². The highest BCUT2D eigenvalue weighted by molar-refractivity contribution is 9.10. The van der Waals surface area contributed by atoms with Gasteiger partial charge in [-0.1, -0.05) is 0 Å². The standard InChI is InChI=1S/C9H6BrFN2/c10-9-5-13(6-12-9)8-3-1-7(11)2-4-8/h1-6H.